The molecule has 11 nitrogen and oxygen atoms in total. The second-order valence-corrected chi connectivity index (χ2v) is 7.06. The fourth-order valence-electron chi connectivity index (χ4n) is 2.82. The average Bonchev–Trinajstić information content (AvgIpc) is 3.13. The van der Waals surface area contributed by atoms with Gasteiger partial charge < -0.3 is 24.9 Å². The van der Waals surface area contributed by atoms with Gasteiger partial charge in [0.1, 0.15) is 19.3 Å². The van der Waals surface area contributed by atoms with Crippen molar-refractivity contribution in [3.05, 3.63) is 48.6 Å². The molecule has 1 aliphatic heterocycles. The molecule has 2 rings (SSSR count). The van der Waals surface area contributed by atoms with Crippen LogP contribution in [0.2, 0.25) is 0 Å². The van der Waals surface area contributed by atoms with Gasteiger partial charge in [-0.05, 0) is 24.8 Å². The SMILES string of the molecule is C=CCOC(=O)NCCCC[C@@H](NC(=O)OCc1ccccc1)C(=O)ON1C(=O)CCC1=O. The number of carbonyl (C=O) groups is 5. The molecule has 1 atom stereocenters. The van der Waals surface area contributed by atoms with Crippen LogP contribution in [0.15, 0.2) is 43.0 Å². The summed E-state index contributed by atoms with van der Waals surface area (Å²) in [7, 11) is 0. The highest BCUT2D eigenvalue weighted by Gasteiger charge is 2.35. The van der Waals surface area contributed by atoms with Gasteiger partial charge in [-0.3, -0.25) is 9.59 Å². The number of nitrogens with zero attached hydrogens (tertiary/aromatic N) is 1. The molecule has 33 heavy (non-hydrogen) atoms. The first-order valence-corrected chi connectivity index (χ1v) is 10.5. The largest absolute Gasteiger partial charge is 0.445 e. The van der Waals surface area contributed by atoms with E-state index in [1.165, 1.54) is 6.08 Å². The average molecular weight is 461 g/mol. The van der Waals surface area contributed by atoms with Crippen molar-refractivity contribution in [3.63, 3.8) is 0 Å². The first-order valence-electron chi connectivity index (χ1n) is 10.5. The smallest absolute Gasteiger partial charge is 0.408 e. The number of rotatable bonds is 12. The van der Waals surface area contributed by atoms with Crippen LogP contribution in [0.4, 0.5) is 9.59 Å². The maximum Gasteiger partial charge on any atom is 0.408 e. The monoisotopic (exact) mass is 461 g/mol. The summed E-state index contributed by atoms with van der Waals surface area (Å²) in [6, 6.07) is 7.80. The van der Waals surface area contributed by atoms with Gasteiger partial charge in [-0.15, -0.1) is 5.06 Å². The van der Waals surface area contributed by atoms with Gasteiger partial charge in [-0.25, -0.2) is 14.4 Å². The van der Waals surface area contributed by atoms with Crippen LogP contribution in [0, 0.1) is 0 Å². The van der Waals surface area contributed by atoms with Gasteiger partial charge in [0.15, 0.2) is 0 Å². The first-order chi connectivity index (χ1) is 15.9. The molecule has 4 amide bonds. The van der Waals surface area contributed by atoms with Crippen LogP contribution in [0.5, 0.6) is 0 Å². The van der Waals surface area contributed by atoms with Crippen molar-refractivity contribution < 1.29 is 38.3 Å². The van der Waals surface area contributed by atoms with E-state index >= 15 is 0 Å². The highest BCUT2D eigenvalue weighted by Crippen LogP contribution is 2.14. The number of alkyl carbamates (subject to hydrolysis) is 2. The molecular formula is C22H27N3O8. The van der Waals surface area contributed by atoms with E-state index in [1.54, 1.807) is 24.3 Å². The van der Waals surface area contributed by atoms with Crippen LogP contribution in [0.1, 0.15) is 37.7 Å². The van der Waals surface area contributed by atoms with E-state index in [-0.39, 0.29) is 39.0 Å². The Labute approximate surface area is 191 Å². The van der Waals surface area contributed by atoms with Gasteiger partial charge >= 0.3 is 18.2 Å². The fraction of sp³-hybridized carbons (Fsp3) is 0.409. The standard InChI is InChI=1S/C22H27N3O8/c1-2-14-31-21(29)23-13-7-6-10-17(20(28)33-25-18(26)11-12-19(25)27)24-22(30)32-15-16-8-4-3-5-9-16/h2-5,8-9,17H,1,6-7,10-15H2,(H,23,29)(H,24,30)/t17-/m1/s1. The third-order valence-electron chi connectivity index (χ3n) is 4.50. The van der Waals surface area contributed by atoms with Gasteiger partial charge in [0.05, 0.1) is 0 Å². The number of hydrogen-bond donors (Lipinski definition) is 2. The summed E-state index contributed by atoms with van der Waals surface area (Å²) in [6.45, 7) is 3.80. The summed E-state index contributed by atoms with van der Waals surface area (Å²) in [5.41, 5.74) is 0.759. The molecule has 1 saturated heterocycles. The minimum Gasteiger partial charge on any atom is -0.445 e. The lowest BCUT2D eigenvalue weighted by Gasteiger charge is -2.20. The van der Waals surface area contributed by atoms with E-state index < -0.39 is 36.0 Å². The molecule has 0 aromatic heterocycles. The Morgan fingerprint density at radius 2 is 1.73 bits per heavy atom. The van der Waals surface area contributed by atoms with Crippen LogP contribution in [-0.2, 0) is 35.3 Å². The summed E-state index contributed by atoms with van der Waals surface area (Å²) in [5, 5.41) is 5.37. The molecule has 1 heterocycles. The lowest BCUT2D eigenvalue weighted by atomic mass is 10.1. The minimum absolute atomic E-state index is 0.00568. The zero-order valence-electron chi connectivity index (χ0n) is 18.1. The number of benzene rings is 1. The maximum atomic E-state index is 12.6. The molecule has 0 radical (unpaired) electrons. The number of hydroxylamine groups is 2. The topological polar surface area (TPSA) is 140 Å². The fourth-order valence-corrected chi connectivity index (χ4v) is 2.82. The van der Waals surface area contributed by atoms with E-state index in [0.717, 1.165) is 5.56 Å². The lowest BCUT2D eigenvalue weighted by Crippen LogP contribution is -2.45. The Morgan fingerprint density at radius 3 is 2.39 bits per heavy atom. The molecule has 0 bridgehead atoms. The van der Waals surface area contributed by atoms with Crippen molar-refractivity contribution in [3.8, 4) is 0 Å². The van der Waals surface area contributed by atoms with E-state index in [4.69, 9.17) is 14.3 Å². The van der Waals surface area contributed by atoms with Crippen molar-refractivity contribution >= 4 is 30.0 Å². The van der Waals surface area contributed by atoms with Gasteiger partial charge in [-0.1, -0.05) is 43.0 Å². The first kappa shape index (κ1) is 25.4. The van der Waals surface area contributed by atoms with Crippen LogP contribution in [0.25, 0.3) is 0 Å². The number of carbonyl (C=O) groups excluding carboxylic acids is 5. The van der Waals surface area contributed by atoms with Crippen LogP contribution < -0.4 is 10.6 Å². The molecule has 0 unspecified atom stereocenters. The predicted molar refractivity (Wildman–Crippen MR) is 114 cm³/mol. The van der Waals surface area contributed by atoms with E-state index in [9.17, 15) is 24.0 Å². The Morgan fingerprint density at radius 1 is 1.03 bits per heavy atom. The summed E-state index contributed by atoms with van der Waals surface area (Å²) in [5.74, 6) is -2.21. The third-order valence-corrected chi connectivity index (χ3v) is 4.50. The maximum absolute atomic E-state index is 12.6. The van der Waals surface area contributed by atoms with Crippen molar-refractivity contribution in [1.29, 1.82) is 0 Å². The Kier molecular flexibility index (Phi) is 10.4. The summed E-state index contributed by atoms with van der Waals surface area (Å²) < 4.78 is 9.91. The Hall–Kier alpha value is -3.89. The number of hydrogen-bond acceptors (Lipinski definition) is 8. The van der Waals surface area contributed by atoms with Crippen molar-refractivity contribution in [1.82, 2.24) is 15.7 Å². The molecule has 0 spiro atoms. The van der Waals surface area contributed by atoms with Crippen molar-refractivity contribution in [2.75, 3.05) is 13.2 Å². The second kappa shape index (κ2) is 13.5. The van der Waals surface area contributed by atoms with Crippen LogP contribution in [-0.4, -0.2) is 54.2 Å². The number of nitrogens with one attached hydrogen (secondary N) is 2. The van der Waals surface area contributed by atoms with Crippen LogP contribution in [0.3, 0.4) is 0 Å². The van der Waals surface area contributed by atoms with Gasteiger partial charge in [0, 0.05) is 19.4 Å². The molecule has 0 saturated carbocycles. The van der Waals surface area contributed by atoms with Crippen LogP contribution >= 0.6 is 0 Å². The summed E-state index contributed by atoms with van der Waals surface area (Å²) in [4.78, 5) is 64.5. The van der Waals surface area contributed by atoms with E-state index in [1.807, 2.05) is 6.07 Å². The lowest BCUT2D eigenvalue weighted by molar-refractivity contribution is -0.199. The van der Waals surface area contributed by atoms with E-state index in [0.29, 0.717) is 17.9 Å². The number of ether oxygens (including phenoxy) is 2. The molecule has 11 heteroatoms. The third kappa shape index (κ3) is 9.01. The summed E-state index contributed by atoms with van der Waals surface area (Å²) in [6.07, 6.45) is 0.893. The zero-order chi connectivity index (χ0) is 24.1. The van der Waals surface area contributed by atoms with Crippen molar-refractivity contribution in [2.24, 2.45) is 0 Å². The van der Waals surface area contributed by atoms with Crippen molar-refractivity contribution in [2.45, 2.75) is 44.8 Å². The zero-order valence-corrected chi connectivity index (χ0v) is 18.1. The number of amides is 4. The quantitative estimate of drug-likeness (QED) is 0.273. The molecule has 178 valence electrons. The molecule has 2 N–H and O–H groups in total. The predicted octanol–water partition coefficient (Wildman–Crippen LogP) is 1.97. The number of unbranched alkanes of at least 4 members (excludes halogenated alkanes) is 1. The molecular weight excluding hydrogens is 434 g/mol. The highest BCUT2D eigenvalue weighted by molar-refractivity contribution is 6.01. The molecule has 1 aliphatic rings. The minimum atomic E-state index is -1.16. The van der Waals surface area contributed by atoms with Gasteiger partial charge in [-0.2, -0.15) is 0 Å². The Bertz CT molecular complexity index is 842. The summed E-state index contributed by atoms with van der Waals surface area (Å²) >= 11 is 0. The van der Waals surface area contributed by atoms with E-state index in [2.05, 4.69) is 17.2 Å². The van der Waals surface area contributed by atoms with Gasteiger partial charge in [0.25, 0.3) is 11.8 Å². The molecule has 1 aromatic rings. The normalized spacial score (nSPS) is 13.8. The highest BCUT2D eigenvalue weighted by atomic mass is 16.7. The molecule has 0 aliphatic carbocycles. The molecule has 1 fully saturated rings. The molecule has 1 aromatic carbocycles. The second-order valence-electron chi connectivity index (χ2n) is 7.06. The Balaban J connectivity index is 1.86. The number of imide groups is 1. The van der Waals surface area contributed by atoms with Gasteiger partial charge in [0.2, 0.25) is 0 Å².